The summed E-state index contributed by atoms with van der Waals surface area (Å²) in [5.41, 5.74) is 1.16. The number of halogens is 2. The predicted octanol–water partition coefficient (Wildman–Crippen LogP) is 3.58. The molecule has 1 rings (SSSR count). The van der Waals surface area contributed by atoms with Gasteiger partial charge in [0.1, 0.15) is 0 Å². The van der Waals surface area contributed by atoms with Crippen LogP contribution < -0.4 is 0 Å². The molecule has 0 radical (unpaired) electrons. The van der Waals surface area contributed by atoms with Gasteiger partial charge in [-0.3, -0.25) is 0 Å². The van der Waals surface area contributed by atoms with Crippen LogP contribution in [0.2, 0.25) is 0 Å². The summed E-state index contributed by atoms with van der Waals surface area (Å²) in [7, 11) is 0. The molecule has 0 bridgehead atoms. The second-order valence-corrected chi connectivity index (χ2v) is 3.04. The summed E-state index contributed by atoms with van der Waals surface area (Å²) >= 11 is 11.6. The summed E-state index contributed by atoms with van der Waals surface area (Å²) in [5.74, 6) is 0. The lowest BCUT2D eigenvalue weighted by atomic mass is 10.2. The second-order valence-electron chi connectivity index (χ2n) is 2.23. The fraction of sp³-hybridized carbons (Fsp3) is 0.250. The van der Waals surface area contributed by atoms with Crippen molar-refractivity contribution in [3.8, 4) is 0 Å². The molecule has 0 unspecified atom stereocenters. The van der Waals surface area contributed by atoms with Crippen molar-refractivity contribution < 1.29 is 0 Å². The third-order valence-electron chi connectivity index (χ3n) is 1.32. The minimum atomic E-state index is 0.632. The first-order valence-electron chi connectivity index (χ1n) is 3.10. The minimum Gasteiger partial charge on any atom is -0.0831 e. The van der Waals surface area contributed by atoms with Crippen LogP contribution in [0, 0.1) is 0 Å². The Morgan fingerprint density at radius 1 is 1.20 bits per heavy atom. The molecule has 1 aliphatic rings. The molecule has 0 heterocycles. The van der Waals surface area contributed by atoms with Crippen LogP contribution in [0.25, 0.3) is 0 Å². The summed E-state index contributed by atoms with van der Waals surface area (Å²) in [6.45, 7) is 2.01. The lowest BCUT2D eigenvalue weighted by molar-refractivity contribution is 1.35. The van der Waals surface area contributed by atoms with E-state index in [1.807, 2.05) is 19.1 Å². The minimum absolute atomic E-state index is 0.632. The maximum Gasteiger partial charge on any atom is 0.0591 e. The van der Waals surface area contributed by atoms with Crippen molar-refractivity contribution in [2.75, 3.05) is 0 Å². The maximum absolute atomic E-state index is 5.79. The summed E-state index contributed by atoms with van der Waals surface area (Å²) in [6.07, 6.45) is 6.72. The van der Waals surface area contributed by atoms with Gasteiger partial charge in [0.2, 0.25) is 0 Å². The van der Waals surface area contributed by atoms with Crippen molar-refractivity contribution >= 4 is 23.2 Å². The fourth-order valence-electron chi connectivity index (χ4n) is 0.774. The van der Waals surface area contributed by atoms with Crippen LogP contribution in [0.3, 0.4) is 0 Å². The average molecular weight is 175 g/mol. The largest absolute Gasteiger partial charge is 0.0831 e. The lowest BCUT2D eigenvalue weighted by Crippen LogP contribution is -1.69. The lowest BCUT2D eigenvalue weighted by Gasteiger charge is -1.91. The van der Waals surface area contributed by atoms with Gasteiger partial charge in [0.15, 0.2) is 0 Å². The van der Waals surface area contributed by atoms with Crippen LogP contribution >= 0.6 is 23.2 Å². The summed E-state index contributed by atoms with van der Waals surface area (Å²) in [6, 6.07) is 0. The Labute approximate surface area is 70.8 Å². The van der Waals surface area contributed by atoms with Crippen LogP contribution in [0.5, 0.6) is 0 Å². The van der Waals surface area contributed by atoms with Crippen molar-refractivity contribution in [3.05, 3.63) is 33.9 Å². The van der Waals surface area contributed by atoms with Gasteiger partial charge in [0, 0.05) is 0 Å². The fourth-order valence-corrected chi connectivity index (χ4v) is 1.17. The molecule has 0 amide bonds. The zero-order valence-electron chi connectivity index (χ0n) is 5.70. The van der Waals surface area contributed by atoms with E-state index < -0.39 is 0 Å². The van der Waals surface area contributed by atoms with Crippen LogP contribution in [0.15, 0.2) is 33.9 Å². The quantitative estimate of drug-likeness (QED) is 0.527. The molecular formula is C8H8Cl2. The van der Waals surface area contributed by atoms with Gasteiger partial charge in [0.25, 0.3) is 0 Å². The van der Waals surface area contributed by atoms with Crippen molar-refractivity contribution in [3.63, 3.8) is 0 Å². The number of allylic oxidation sites excluding steroid dienone is 6. The molecule has 0 N–H and O–H groups in total. The van der Waals surface area contributed by atoms with Gasteiger partial charge < -0.3 is 0 Å². The van der Waals surface area contributed by atoms with Crippen molar-refractivity contribution in [2.24, 2.45) is 0 Å². The SMILES string of the molecule is CC1=CCC=C(Cl)C(Cl)=C1. The van der Waals surface area contributed by atoms with Crippen LogP contribution in [0.1, 0.15) is 13.3 Å². The van der Waals surface area contributed by atoms with Gasteiger partial charge in [-0.2, -0.15) is 0 Å². The Kier molecular flexibility index (Phi) is 2.58. The van der Waals surface area contributed by atoms with Crippen molar-refractivity contribution in [1.82, 2.24) is 0 Å². The molecule has 0 spiro atoms. The Morgan fingerprint density at radius 2 is 1.90 bits per heavy atom. The molecule has 54 valence electrons. The molecule has 0 aliphatic heterocycles. The first-order chi connectivity index (χ1) is 4.70. The van der Waals surface area contributed by atoms with Gasteiger partial charge in [-0.15, -0.1) is 0 Å². The molecule has 2 heteroatoms. The molecule has 0 saturated heterocycles. The molecule has 0 aromatic carbocycles. The molecular weight excluding hydrogens is 167 g/mol. The number of hydrogen-bond donors (Lipinski definition) is 0. The van der Waals surface area contributed by atoms with E-state index in [1.54, 1.807) is 0 Å². The molecule has 0 nitrogen and oxygen atoms in total. The first-order valence-corrected chi connectivity index (χ1v) is 3.86. The smallest absolute Gasteiger partial charge is 0.0591 e. The Balaban J connectivity index is 2.92. The van der Waals surface area contributed by atoms with E-state index in [0.717, 1.165) is 12.0 Å². The van der Waals surface area contributed by atoms with Gasteiger partial charge in [-0.05, 0) is 19.4 Å². The van der Waals surface area contributed by atoms with Gasteiger partial charge >= 0.3 is 0 Å². The van der Waals surface area contributed by atoms with Crippen LogP contribution in [-0.4, -0.2) is 0 Å². The second kappa shape index (κ2) is 3.27. The van der Waals surface area contributed by atoms with Crippen LogP contribution in [-0.2, 0) is 0 Å². The normalized spacial score (nSPS) is 18.9. The van der Waals surface area contributed by atoms with E-state index in [4.69, 9.17) is 23.2 Å². The molecule has 0 aromatic heterocycles. The Bertz CT molecular complexity index is 221. The van der Waals surface area contributed by atoms with E-state index in [1.165, 1.54) is 0 Å². The molecule has 0 saturated carbocycles. The molecule has 0 atom stereocenters. The highest BCUT2D eigenvalue weighted by Gasteiger charge is 2.00. The monoisotopic (exact) mass is 174 g/mol. The first kappa shape index (κ1) is 7.90. The highest BCUT2D eigenvalue weighted by molar-refractivity contribution is 6.44. The zero-order chi connectivity index (χ0) is 7.56. The molecule has 0 aromatic rings. The summed E-state index contributed by atoms with van der Waals surface area (Å²) in [5, 5.41) is 1.28. The third-order valence-corrected chi connectivity index (χ3v) is 2.09. The number of hydrogen-bond acceptors (Lipinski definition) is 0. The Hall–Kier alpha value is -0.200. The van der Waals surface area contributed by atoms with E-state index in [0.29, 0.717) is 10.1 Å². The van der Waals surface area contributed by atoms with E-state index in [9.17, 15) is 0 Å². The maximum atomic E-state index is 5.79. The average Bonchev–Trinajstić information content (AvgIpc) is 1.96. The van der Waals surface area contributed by atoms with Gasteiger partial charge in [-0.25, -0.2) is 0 Å². The summed E-state index contributed by atoms with van der Waals surface area (Å²) < 4.78 is 0. The predicted molar refractivity (Wildman–Crippen MR) is 46.2 cm³/mol. The highest BCUT2D eigenvalue weighted by atomic mass is 35.5. The topological polar surface area (TPSA) is 0 Å². The van der Waals surface area contributed by atoms with Gasteiger partial charge in [0.05, 0.1) is 10.1 Å². The third kappa shape index (κ3) is 1.89. The van der Waals surface area contributed by atoms with E-state index in [2.05, 4.69) is 6.08 Å². The standard InChI is InChI=1S/C8H8Cl2/c1-6-3-2-4-7(9)8(10)5-6/h3-5H,2H2,1H3. The summed E-state index contributed by atoms with van der Waals surface area (Å²) in [4.78, 5) is 0. The van der Waals surface area contributed by atoms with E-state index in [-0.39, 0.29) is 0 Å². The Morgan fingerprint density at radius 3 is 2.60 bits per heavy atom. The van der Waals surface area contributed by atoms with Crippen molar-refractivity contribution in [2.45, 2.75) is 13.3 Å². The van der Waals surface area contributed by atoms with Crippen molar-refractivity contribution in [1.29, 1.82) is 0 Å². The van der Waals surface area contributed by atoms with Gasteiger partial charge in [-0.1, -0.05) is 40.9 Å². The highest BCUT2D eigenvalue weighted by Crippen LogP contribution is 2.23. The molecule has 10 heavy (non-hydrogen) atoms. The van der Waals surface area contributed by atoms with Crippen LogP contribution in [0.4, 0.5) is 0 Å². The molecule has 1 aliphatic carbocycles. The number of rotatable bonds is 0. The zero-order valence-corrected chi connectivity index (χ0v) is 7.21. The van der Waals surface area contributed by atoms with E-state index >= 15 is 0 Å². The molecule has 0 fully saturated rings.